The lowest BCUT2D eigenvalue weighted by molar-refractivity contribution is -0.119. The molecule has 2 aliphatic heterocycles. The highest BCUT2D eigenvalue weighted by molar-refractivity contribution is 7.22. The number of para-hydroxylation sites is 1. The van der Waals surface area contributed by atoms with Gasteiger partial charge in [-0.25, -0.2) is 4.98 Å². The number of hydrogen-bond acceptors (Lipinski definition) is 7. The van der Waals surface area contributed by atoms with Crippen LogP contribution >= 0.6 is 11.3 Å². The first-order chi connectivity index (χ1) is 15.1. The van der Waals surface area contributed by atoms with Crippen molar-refractivity contribution in [3.8, 4) is 0 Å². The molecule has 3 aromatic rings. The number of amides is 2. The summed E-state index contributed by atoms with van der Waals surface area (Å²) in [5.74, 6) is -0.857. The Balaban J connectivity index is 1.35. The molecule has 2 aromatic carbocycles. The Labute approximate surface area is 183 Å². The minimum atomic E-state index is -0.685. The Kier molecular flexibility index (Phi) is 5.03. The normalized spacial score (nSPS) is 18.5. The molecule has 0 radical (unpaired) electrons. The van der Waals surface area contributed by atoms with E-state index in [1.807, 2.05) is 48.5 Å². The van der Waals surface area contributed by atoms with Crippen LogP contribution < -0.4 is 21.0 Å². The molecule has 3 N–H and O–H groups in total. The quantitative estimate of drug-likeness (QED) is 0.643. The molecule has 158 valence electrons. The van der Waals surface area contributed by atoms with Crippen molar-refractivity contribution in [3.63, 3.8) is 0 Å². The van der Waals surface area contributed by atoms with Gasteiger partial charge in [0.25, 0.3) is 5.91 Å². The maximum atomic E-state index is 12.9. The maximum Gasteiger partial charge on any atom is 0.271 e. The van der Waals surface area contributed by atoms with E-state index in [1.165, 1.54) is 17.9 Å². The van der Waals surface area contributed by atoms with E-state index in [4.69, 9.17) is 10.7 Å². The third-order valence-electron chi connectivity index (χ3n) is 5.53. The van der Waals surface area contributed by atoms with Gasteiger partial charge in [-0.15, -0.1) is 0 Å². The van der Waals surface area contributed by atoms with E-state index in [-0.39, 0.29) is 18.0 Å². The summed E-state index contributed by atoms with van der Waals surface area (Å²) in [6, 6.07) is 14.2. The van der Waals surface area contributed by atoms with E-state index in [1.54, 1.807) is 11.3 Å². The molecule has 9 heteroatoms. The largest absolute Gasteiger partial charge is 0.368 e. The number of thiazole rings is 1. The van der Waals surface area contributed by atoms with Crippen molar-refractivity contribution < 1.29 is 9.59 Å². The fraction of sp³-hybridized carbons (Fsp3) is 0.273. The topological polar surface area (TPSA) is 104 Å². The number of hydrogen-bond donors (Lipinski definition) is 2. The number of aromatic nitrogens is 1. The predicted molar refractivity (Wildman–Crippen MR) is 124 cm³/mol. The van der Waals surface area contributed by atoms with Gasteiger partial charge >= 0.3 is 0 Å². The van der Waals surface area contributed by atoms with Crippen molar-refractivity contribution in [1.29, 1.82) is 0 Å². The molecular weight excluding hydrogens is 412 g/mol. The van der Waals surface area contributed by atoms with Crippen molar-refractivity contribution in [2.75, 3.05) is 28.3 Å². The van der Waals surface area contributed by atoms with Crippen molar-refractivity contribution in [2.24, 2.45) is 10.8 Å². The van der Waals surface area contributed by atoms with Gasteiger partial charge in [0.2, 0.25) is 5.91 Å². The van der Waals surface area contributed by atoms with Gasteiger partial charge in [-0.2, -0.15) is 5.10 Å². The molecule has 1 saturated heterocycles. The molecule has 0 spiro atoms. The van der Waals surface area contributed by atoms with Gasteiger partial charge < -0.3 is 16.0 Å². The zero-order valence-electron chi connectivity index (χ0n) is 16.8. The third-order valence-corrected chi connectivity index (χ3v) is 6.61. The van der Waals surface area contributed by atoms with Gasteiger partial charge in [0.1, 0.15) is 11.8 Å². The molecule has 1 atom stereocenters. The van der Waals surface area contributed by atoms with Crippen LogP contribution in [0.2, 0.25) is 0 Å². The molecule has 1 aromatic heterocycles. The van der Waals surface area contributed by atoms with Crippen LogP contribution in [0.15, 0.2) is 53.6 Å². The van der Waals surface area contributed by atoms with Crippen molar-refractivity contribution in [3.05, 3.63) is 48.5 Å². The summed E-state index contributed by atoms with van der Waals surface area (Å²) in [5.41, 5.74) is 8.15. The second-order valence-corrected chi connectivity index (χ2v) is 8.69. The maximum absolute atomic E-state index is 12.9. The molecule has 0 saturated carbocycles. The minimum absolute atomic E-state index is 0.165. The van der Waals surface area contributed by atoms with Gasteiger partial charge in [-0.3, -0.25) is 14.6 Å². The molecule has 5 rings (SSSR count). The molecular formula is C22H22N6O2S. The second kappa shape index (κ2) is 7.99. The number of fused-ring (bicyclic) bond motifs is 1. The minimum Gasteiger partial charge on any atom is -0.368 e. The SMILES string of the molecule is NC(=O)C1CC(C(=O)Nc2ccc3nc(N4CCCC4)sc3c2)=NN1c1ccccc1. The fourth-order valence-electron chi connectivity index (χ4n) is 3.92. The number of benzene rings is 2. The van der Waals surface area contributed by atoms with Crippen LogP contribution in [0.4, 0.5) is 16.5 Å². The number of anilines is 3. The van der Waals surface area contributed by atoms with E-state index in [0.717, 1.165) is 34.1 Å². The van der Waals surface area contributed by atoms with Crippen LogP contribution in [0, 0.1) is 0 Å². The van der Waals surface area contributed by atoms with Gasteiger partial charge in [0.15, 0.2) is 5.13 Å². The van der Waals surface area contributed by atoms with Crippen molar-refractivity contribution in [1.82, 2.24) is 4.98 Å². The van der Waals surface area contributed by atoms with E-state index < -0.39 is 11.9 Å². The van der Waals surface area contributed by atoms with Gasteiger partial charge in [0, 0.05) is 25.2 Å². The first-order valence-electron chi connectivity index (χ1n) is 10.3. The number of hydrazone groups is 1. The summed E-state index contributed by atoms with van der Waals surface area (Å²) < 4.78 is 1.02. The van der Waals surface area contributed by atoms with Crippen LogP contribution in [0.3, 0.4) is 0 Å². The van der Waals surface area contributed by atoms with Gasteiger partial charge in [-0.05, 0) is 43.2 Å². The summed E-state index contributed by atoms with van der Waals surface area (Å²) in [7, 11) is 0. The first-order valence-corrected chi connectivity index (χ1v) is 11.1. The van der Waals surface area contributed by atoms with Gasteiger partial charge in [0.05, 0.1) is 15.9 Å². The highest BCUT2D eigenvalue weighted by Gasteiger charge is 2.35. The van der Waals surface area contributed by atoms with Crippen molar-refractivity contribution in [2.45, 2.75) is 25.3 Å². The summed E-state index contributed by atoms with van der Waals surface area (Å²) in [4.78, 5) is 31.8. The molecule has 8 nitrogen and oxygen atoms in total. The smallest absolute Gasteiger partial charge is 0.271 e. The molecule has 0 aliphatic carbocycles. The van der Waals surface area contributed by atoms with E-state index >= 15 is 0 Å². The second-order valence-electron chi connectivity index (χ2n) is 7.68. The standard InChI is InChI=1S/C22H22N6O2S/c23-20(29)18-13-17(26-28(18)15-6-2-1-3-7-15)21(30)24-14-8-9-16-19(12-14)31-22(25-16)27-10-4-5-11-27/h1-3,6-9,12,18H,4-5,10-11,13H2,(H2,23,29)(H,24,30). The predicted octanol–water partition coefficient (Wildman–Crippen LogP) is 2.96. The number of nitrogens with two attached hydrogens (primary N) is 1. The first kappa shape index (κ1) is 19.5. The number of nitrogens with zero attached hydrogens (tertiary/aromatic N) is 4. The molecule has 2 aliphatic rings. The van der Waals surface area contributed by atoms with Crippen LogP contribution in [0.25, 0.3) is 10.2 Å². The Morgan fingerprint density at radius 2 is 1.87 bits per heavy atom. The van der Waals surface area contributed by atoms with Crippen LogP contribution in [-0.4, -0.2) is 41.6 Å². The molecule has 1 fully saturated rings. The molecule has 1 unspecified atom stereocenters. The molecule has 31 heavy (non-hydrogen) atoms. The monoisotopic (exact) mass is 434 g/mol. The number of carbonyl (C=O) groups is 2. The van der Waals surface area contributed by atoms with E-state index in [0.29, 0.717) is 5.69 Å². The Bertz CT molecular complexity index is 1170. The lowest BCUT2D eigenvalue weighted by Crippen LogP contribution is -2.39. The lowest BCUT2D eigenvalue weighted by Gasteiger charge is -2.20. The van der Waals surface area contributed by atoms with Crippen LogP contribution in [-0.2, 0) is 9.59 Å². The number of carbonyl (C=O) groups excluding carboxylic acids is 2. The Morgan fingerprint density at radius 1 is 1.10 bits per heavy atom. The Morgan fingerprint density at radius 3 is 2.61 bits per heavy atom. The van der Waals surface area contributed by atoms with E-state index in [2.05, 4.69) is 15.3 Å². The zero-order chi connectivity index (χ0) is 21.4. The molecule has 2 amide bonds. The Hall–Kier alpha value is -3.46. The summed E-state index contributed by atoms with van der Waals surface area (Å²) >= 11 is 1.63. The van der Waals surface area contributed by atoms with Crippen LogP contribution in [0.1, 0.15) is 19.3 Å². The van der Waals surface area contributed by atoms with Gasteiger partial charge in [-0.1, -0.05) is 29.5 Å². The summed E-state index contributed by atoms with van der Waals surface area (Å²) in [5, 5.41) is 9.85. The average molecular weight is 435 g/mol. The molecule has 3 heterocycles. The highest BCUT2D eigenvalue weighted by atomic mass is 32.1. The fourth-order valence-corrected chi connectivity index (χ4v) is 4.98. The van der Waals surface area contributed by atoms with E-state index in [9.17, 15) is 9.59 Å². The molecule has 0 bridgehead atoms. The summed E-state index contributed by atoms with van der Waals surface area (Å²) in [6.45, 7) is 2.09. The lowest BCUT2D eigenvalue weighted by atomic mass is 10.1. The summed E-state index contributed by atoms with van der Waals surface area (Å²) in [6.07, 6.45) is 2.56. The number of primary amides is 1. The zero-order valence-corrected chi connectivity index (χ0v) is 17.6. The van der Waals surface area contributed by atoms with Crippen molar-refractivity contribution >= 4 is 55.6 Å². The average Bonchev–Trinajstić information content (AvgIpc) is 3.52. The number of nitrogens with one attached hydrogen (secondary N) is 1. The van der Waals surface area contributed by atoms with Crippen LogP contribution in [0.5, 0.6) is 0 Å². The number of rotatable bonds is 5. The highest BCUT2D eigenvalue weighted by Crippen LogP contribution is 2.32. The third kappa shape index (κ3) is 3.84.